The fourth-order valence-corrected chi connectivity index (χ4v) is 3.24. The molecule has 0 aliphatic rings. The lowest BCUT2D eigenvalue weighted by Crippen LogP contribution is -2.37. The molecule has 1 N–H and O–H groups in total. The molecule has 3 nitrogen and oxygen atoms in total. The Hall–Kier alpha value is -0.870. The topological polar surface area (TPSA) is 46.2 Å². The van der Waals surface area contributed by atoms with Crippen LogP contribution in [0.2, 0.25) is 0 Å². The van der Waals surface area contributed by atoms with Crippen molar-refractivity contribution in [1.82, 2.24) is 5.32 Å². The second-order valence-electron chi connectivity index (χ2n) is 6.50. The predicted octanol–water partition coefficient (Wildman–Crippen LogP) is 2.55. The first-order valence-electron chi connectivity index (χ1n) is 7.12. The van der Waals surface area contributed by atoms with E-state index in [1.165, 1.54) is 17.4 Å². The summed E-state index contributed by atoms with van der Waals surface area (Å²) in [6, 6.07) is 8.47. The van der Waals surface area contributed by atoms with E-state index in [1.54, 1.807) is 0 Å². The molecule has 1 atom stereocenters. The molecule has 114 valence electrons. The van der Waals surface area contributed by atoms with Crippen LogP contribution in [0, 0.1) is 0 Å². The summed E-state index contributed by atoms with van der Waals surface area (Å²) in [6.07, 6.45) is 2.03. The molecular formula is C16H27NO2S. The van der Waals surface area contributed by atoms with E-state index in [0.29, 0.717) is 0 Å². The molecule has 0 aliphatic carbocycles. The van der Waals surface area contributed by atoms with E-state index in [-0.39, 0.29) is 17.2 Å². The summed E-state index contributed by atoms with van der Waals surface area (Å²) in [6.45, 7) is 9.34. The van der Waals surface area contributed by atoms with Crippen LogP contribution in [-0.2, 0) is 21.7 Å². The first-order chi connectivity index (χ1) is 9.12. The van der Waals surface area contributed by atoms with E-state index in [4.69, 9.17) is 0 Å². The van der Waals surface area contributed by atoms with Gasteiger partial charge in [0.25, 0.3) is 0 Å². The zero-order chi connectivity index (χ0) is 15.4. The monoisotopic (exact) mass is 297 g/mol. The Balaban J connectivity index is 2.79. The van der Waals surface area contributed by atoms with Crippen LogP contribution < -0.4 is 5.32 Å². The van der Waals surface area contributed by atoms with Gasteiger partial charge in [-0.05, 0) is 29.5 Å². The maximum Gasteiger partial charge on any atom is 0.148 e. The third kappa shape index (κ3) is 6.06. The van der Waals surface area contributed by atoms with Gasteiger partial charge < -0.3 is 5.32 Å². The number of benzene rings is 1. The van der Waals surface area contributed by atoms with Crippen LogP contribution in [0.1, 0.15) is 38.8 Å². The van der Waals surface area contributed by atoms with Crippen molar-refractivity contribution in [3.63, 3.8) is 0 Å². The third-order valence-corrected chi connectivity index (χ3v) is 4.31. The van der Waals surface area contributed by atoms with Gasteiger partial charge in [0.2, 0.25) is 0 Å². The first kappa shape index (κ1) is 17.2. The molecule has 1 rings (SSSR count). The normalized spacial score (nSPS) is 14.2. The van der Waals surface area contributed by atoms with Crippen molar-refractivity contribution < 1.29 is 8.42 Å². The molecule has 4 heteroatoms. The summed E-state index contributed by atoms with van der Waals surface area (Å²) in [7, 11) is -2.96. The van der Waals surface area contributed by atoms with Crippen molar-refractivity contribution in [2.75, 3.05) is 18.6 Å². The Morgan fingerprint density at radius 1 is 1.15 bits per heavy atom. The van der Waals surface area contributed by atoms with Crippen molar-refractivity contribution in [3.8, 4) is 0 Å². The maximum atomic E-state index is 11.5. The van der Waals surface area contributed by atoms with Gasteiger partial charge in [0.1, 0.15) is 9.84 Å². The number of likely N-dealkylation sites (N-methyl/N-ethyl adjacent to an activating group) is 1. The van der Waals surface area contributed by atoms with Crippen LogP contribution in [-0.4, -0.2) is 33.0 Å². The lowest BCUT2D eigenvalue weighted by atomic mass is 9.86. The smallest absolute Gasteiger partial charge is 0.148 e. The molecule has 0 saturated heterocycles. The summed E-state index contributed by atoms with van der Waals surface area (Å²) in [5, 5.41) is 3.25. The van der Waals surface area contributed by atoms with Gasteiger partial charge >= 0.3 is 0 Å². The van der Waals surface area contributed by atoms with Crippen LogP contribution in [0.5, 0.6) is 0 Å². The fourth-order valence-electron chi connectivity index (χ4n) is 2.27. The number of rotatable bonds is 6. The number of hydrogen-bond acceptors (Lipinski definition) is 3. The van der Waals surface area contributed by atoms with E-state index in [9.17, 15) is 8.42 Å². The van der Waals surface area contributed by atoms with Gasteiger partial charge in [-0.2, -0.15) is 0 Å². The highest BCUT2D eigenvalue weighted by molar-refractivity contribution is 7.90. The van der Waals surface area contributed by atoms with Gasteiger partial charge in [-0.25, -0.2) is 8.42 Å². The van der Waals surface area contributed by atoms with Crippen molar-refractivity contribution >= 4 is 9.84 Å². The van der Waals surface area contributed by atoms with E-state index in [1.807, 2.05) is 6.92 Å². The number of nitrogens with one attached hydrogen (secondary N) is 1. The quantitative estimate of drug-likeness (QED) is 0.878. The van der Waals surface area contributed by atoms with Crippen LogP contribution in [0.4, 0.5) is 0 Å². The Morgan fingerprint density at radius 3 is 2.10 bits per heavy atom. The molecule has 1 unspecified atom stereocenters. The standard InChI is InChI=1S/C16H27NO2S/c1-6-17-15(12-20(5,18)19)11-13-7-9-14(10-8-13)16(2,3)4/h7-10,15,17H,6,11-12H2,1-5H3. The Kier molecular flexibility index (Phi) is 5.78. The fraction of sp³-hybridized carbons (Fsp3) is 0.625. The average molecular weight is 297 g/mol. The van der Waals surface area contributed by atoms with Crippen molar-refractivity contribution in [2.24, 2.45) is 0 Å². The molecule has 0 aromatic heterocycles. The summed E-state index contributed by atoms with van der Waals surface area (Å²) < 4.78 is 22.9. The Labute approximate surface area is 123 Å². The molecule has 0 fully saturated rings. The summed E-state index contributed by atoms with van der Waals surface area (Å²) >= 11 is 0. The summed E-state index contributed by atoms with van der Waals surface area (Å²) in [5.41, 5.74) is 2.61. The van der Waals surface area contributed by atoms with E-state index in [2.05, 4.69) is 50.4 Å². The van der Waals surface area contributed by atoms with Crippen molar-refractivity contribution in [3.05, 3.63) is 35.4 Å². The zero-order valence-corrected chi connectivity index (χ0v) is 14.0. The van der Waals surface area contributed by atoms with Gasteiger partial charge in [-0.1, -0.05) is 52.0 Å². The molecule has 0 spiro atoms. The number of sulfone groups is 1. The zero-order valence-electron chi connectivity index (χ0n) is 13.2. The molecule has 0 aliphatic heterocycles. The van der Waals surface area contributed by atoms with Crippen LogP contribution in [0.15, 0.2) is 24.3 Å². The Morgan fingerprint density at radius 2 is 1.70 bits per heavy atom. The first-order valence-corrected chi connectivity index (χ1v) is 9.18. The van der Waals surface area contributed by atoms with E-state index < -0.39 is 9.84 Å². The predicted molar refractivity (Wildman–Crippen MR) is 86.0 cm³/mol. The maximum absolute atomic E-state index is 11.5. The minimum atomic E-state index is -2.96. The number of hydrogen-bond donors (Lipinski definition) is 1. The van der Waals surface area contributed by atoms with Crippen LogP contribution in [0.25, 0.3) is 0 Å². The minimum absolute atomic E-state index is 0.0181. The Bertz CT molecular complexity index is 512. The largest absolute Gasteiger partial charge is 0.313 e. The third-order valence-electron chi connectivity index (χ3n) is 3.30. The SMILES string of the molecule is CCNC(Cc1ccc(C(C)(C)C)cc1)CS(C)(=O)=O. The molecule has 0 saturated carbocycles. The van der Waals surface area contributed by atoms with E-state index in [0.717, 1.165) is 13.0 Å². The van der Waals surface area contributed by atoms with Gasteiger partial charge in [-0.3, -0.25) is 0 Å². The van der Waals surface area contributed by atoms with Gasteiger partial charge in [0.15, 0.2) is 0 Å². The van der Waals surface area contributed by atoms with Gasteiger partial charge in [0, 0.05) is 12.3 Å². The average Bonchev–Trinajstić information content (AvgIpc) is 2.26. The van der Waals surface area contributed by atoms with Gasteiger partial charge in [-0.15, -0.1) is 0 Å². The summed E-state index contributed by atoms with van der Waals surface area (Å²) in [5.74, 6) is 0.182. The second-order valence-corrected chi connectivity index (χ2v) is 8.68. The summed E-state index contributed by atoms with van der Waals surface area (Å²) in [4.78, 5) is 0. The molecular weight excluding hydrogens is 270 g/mol. The molecule has 0 heterocycles. The molecule has 0 bridgehead atoms. The van der Waals surface area contributed by atoms with Gasteiger partial charge in [0.05, 0.1) is 5.75 Å². The highest BCUT2D eigenvalue weighted by Gasteiger charge is 2.16. The van der Waals surface area contributed by atoms with Crippen LogP contribution >= 0.6 is 0 Å². The minimum Gasteiger partial charge on any atom is -0.313 e. The van der Waals surface area contributed by atoms with E-state index >= 15 is 0 Å². The molecule has 1 aromatic rings. The lowest BCUT2D eigenvalue weighted by Gasteiger charge is -2.20. The molecule has 20 heavy (non-hydrogen) atoms. The molecule has 0 radical (unpaired) electrons. The lowest BCUT2D eigenvalue weighted by molar-refractivity contribution is 0.544. The van der Waals surface area contributed by atoms with Crippen LogP contribution in [0.3, 0.4) is 0 Å². The van der Waals surface area contributed by atoms with Crippen molar-refractivity contribution in [2.45, 2.75) is 45.6 Å². The molecule has 0 amide bonds. The second kappa shape index (κ2) is 6.72. The highest BCUT2D eigenvalue weighted by Crippen LogP contribution is 2.22. The highest BCUT2D eigenvalue weighted by atomic mass is 32.2. The molecule has 1 aromatic carbocycles. The van der Waals surface area contributed by atoms with Crippen molar-refractivity contribution in [1.29, 1.82) is 0 Å².